The Hall–Kier alpha value is -0.340. The van der Waals surface area contributed by atoms with Gasteiger partial charge in [0.05, 0.1) is 0 Å². The van der Waals surface area contributed by atoms with Crippen molar-refractivity contribution in [2.45, 2.75) is 71.1 Å². The number of hydrogen-bond donors (Lipinski definition) is 1. The number of allylic oxidation sites excluding steroid dienone is 1. The van der Waals surface area contributed by atoms with Crippen molar-refractivity contribution in [2.75, 3.05) is 0 Å². The van der Waals surface area contributed by atoms with Crippen molar-refractivity contribution < 1.29 is 17.2 Å². The maximum atomic E-state index is 10.9. The summed E-state index contributed by atoms with van der Waals surface area (Å²) in [5.41, 5.74) is 0. The molecule has 0 aliphatic rings. The van der Waals surface area contributed by atoms with Crippen molar-refractivity contribution >= 4 is 5.78 Å². The highest BCUT2D eigenvalue weighted by Crippen LogP contribution is 2.10. The van der Waals surface area contributed by atoms with Gasteiger partial charge in [-0.25, -0.2) is 0 Å². The summed E-state index contributed by atoms with van der Waals surface area (Å²) in [6, 6.07) is 0. The van der Waals surface area contributed by atoms with E-state index in [1.54, 1.807) is 0 Å². The van der Waals surface area contributed by atoms with Crippen molar-refractivity contribution in [1.82, 2.24) is 6.15 Å². The average Bonchev–Trinajstić information content (AvgIpc) is 2.26. The van der Waals surface area contributed by atoms with Gasteiger partial charge >= 0.3 is 0 Å². The first-order chi connectivity index (χ1) is 7.31. The summed E-state index contributed by atoms with van der Waals surface area (Å²) >= 11 is 0. The molecule has 0 saturated heterocycles. The van der Waals surface area contributed by atoms with Crippen molar-refractivity contribution in [2.24, 2.45) is 0 Å². The van der Waals surface area contributed by atoms with E-state index in [9.17, 15) is 4.79 Å². The van der Waals surface area contributed by atoms with Crippen LogP contribution in [-0.2, 0) is 4.79 Å². The molecular formula is C14H30ClNO. The fourth-order valence-corrected chi connectivity index (χ4v) is 1.71. The highest BCUT2D eigenvalue weighted by atomic mass is 35.5. The quantitative estimate of drug-likeness (QED) is 0.450. The fraction of sp³-hybridized carbons (Fsp3) is 0.786. The van der Waals surface area contributed by atoms with Crippen molar-refractivity contribution in [3.05, 3.63) is 12.7 Å². The number of halogens is 1. The molecule has 0 aromatic carbocycles. The summed E-state index contributed by atoms with van der Waals surface area (Å²) < 4.78 is 0. The van der Waals surface area contributed by atoms with E-state index in [2.05, 4.69) is 13.5 Å². The lowest BCUT2D eigenvalue weighted by atomic mass is 10.1. The molecule has 0 aliphatic heterocycles. The third-order valence-electron chi connectivity index (χ3n) is 2.75. The lowest BCUT2D eigenvalue weighted by Gasteiger charge is -2.00. The molecule has 0 saturated carbocycles. The van der Waals surface area contributed by atoms with Gasteiger partial charge in [0.15, 0.2) is 5.78 Å². The van der Waals surface area contributed by atoms with E-state index in [0.29, 0.717) is 6.42 Å². The van der Waals surface area contributed by atoms with Crippen LogP contribution in [0.4, 0.5) is 0 Å². The highest BCUT2D eigenvalue weighted by Gasteiger charge is 1.95. The van der Waals surface area contributed by atoms with E-state index in [-0.39, 0.29) is 24.3 Å². The van der Waals surface area contributed by atoms with Crippen LogP contribution in [0.2, 0.25) is 0 Å². The number of carbonyl (C=O) groups excluding carboxylic acids is 1. The highest BCUT2D eigenvalue weighted by molar-refractivity contribution is 5.88. The van der Waals surface area contributed by atoms with E-state index in [1.165, 1.54) is 57.4 Å². The molecule has 0 atom stereocenters. The third-order valence-corrected chi connectivity index (χ3v) is 2.75. The van der Waals surface area contributed by atoms with Crippen LogP contribution in [0.25, 0.3) is 0 Å². The first-order valence-corrected chi connectivity index (χ1v) is 6.46. The minimum absolute atomic E-state index is 0. The molecule has 0 aliphatic carbocycles. The molecule has 17 heavy (non-hydrogen) atoms. The van der Waals surface area contributed by atoms with Crippen LogP contribution in [0, 0.1) is 0 Å². The molecular weight excluding hydrogens is 234 g/mol. The number of quaternary nitrogens is 1. The zero-order chi connectivity index (χ0) is 11.4. The van der Waals surface area contributed by atoms with Crippen LogP contribution in [-0.4, -0.2) is 5.78 Å². The van der Waals surface area contributed by atoms with Crippen LogP contribution in [0.5, 0.6) is 0 Å². The first-order valence-electron chi connectivity index (χ1n) is 6.46. The van der Waals surface area contributed by atoms with Crippen LogP contribution < -0.4 is 18.6 Å². The number of ketones is 1. The Balaban J connectivity index is -0.000000980. The van der Waals surface area contributed by atoms with E-state index < -0.39 is 0 Å². The molecule has 0 heterocycles. The molecule has 0 aromatic rings. The largest absolute Gasteiger partial charge is 1.00 e. The maximum Gasteiger partial charge on any atom is 0.155 e. The summed E-state index contributed by atoms with van der Waals surface area (Å²) in [4.78, 5) is 10.9. The predicted octanol–water partition coefficient (Wildman–Crippen LogP) is 2.04. The lowest BCUT2D eigenvalue weighted by molar-refractivity contribution is -0.114. The zero-order valence-corrected chi connectivity index (χ0v) is 12.4. The van der Waals surface area contributed by atoms with Gasteiger partial charge in [0.25, 0.3) is 0 Å². The summed E-state index contributed by atoms with van der Waals surface area (Å²) in [6.07, 6.45) is 13.9. The Morgan fingerprint density at radius 1 is 0.941 bits per heavy atom. The molecule has 0 bridgehead atoms. The van der Waals surface area contributed by atoms with E-state index in [0.717, 1.165) is 6.42 Å². The molecule has 0 radical (unpaired) electrons. The molecule has 4 N–H and O–H groups in total. The first kappa shape index (κ1) is 21.9. The van der Waals surface area contributed by atoms with Gasteiger partial charge in [0.2, 0.25) is 0 Å². The van der Waals surface area contributed by atoms with Crippen LogP contribution in [0.1, 0.15) is 71.1 Å². The number of rotatable bonds is 11. The Labute approximate surface area is 113 Å². The fourth-order valence-electron chi connectivity index (χ4n) is 1.71. The summed E-state index contributed by atoms with van der Waals surface area (Å²) in [5.74, 6) is 0.193. The second-order valence-corrected chi connectivity index (χ2v) is 4.25. The number of carbonyl (C=O) groups is 1. The van der Waals surface area contributed by atoms with Crippen LogP contribution in [0.15, 0.2) is 12.7 Å². The summed E-state index contributed by atoms with van der Waals surface area (Å²) in [5, 5.41) is 0. The Kier molecular flexibility index (Phi) is 23.2. The second-order valence-electron chi connectivity index (χ2n) is 4.25. The third kappa shape index (κ3) is 18.2. The Morgan fingerprint density at radius 3 is 1.76 bits per heavy atom. The number of unbranched alkanes of at least 4 members (excludes halogenated alkanes) is 8. The molecule has 2 nitrogen and oxygen atoms in total. The van der Waals surface area contributed by atoms with Gasteiger partial charge in [0, 0.05) is 6.42 Å². The van der Waals surface area contributed by atoms with Crippen molar-refractivity contribution in [3.63, 3.8) is 0 Å². The van der Waals surface area contributed by atoms with Gasteiger partial charge in [0.1, 0.15) is 0 Å². The Bertz CT molecular complexity index is 172. The SMILES string of the molecule is C=CC(=O)CCCCCCCCCCC.[Cl-].[NH4+]. The second kappa shape index (κ2) is 18.0. The predicted molar refractivity (Wildman–Crippen MR) is 73.0 cm³/mol. The zero-order valence-electron chi connectivity index (χ0n) is 11.6. The monoisotopic (exact) mass is 263 g/mol. The molecule has 0 spiro atoms. The smallest absolute Gasteiger partial charge is 0.155 e. The van der Waals surface area contributed by atoms with Gasteiger partial charge < -0.3 is 18.6 Å². The van der Waals surface area contributed by atoms with Gasteiger partial charge in [-0.3, -0.25) is 4.79 Å². The van der Waals surface area contributed by atoms with E-state index in [4.69, 9.17) is 0 Å². The molecule has 3 heteroatoms. The summed E-state index contributed by atoms with van der Waals surface area (Å²) in [6.45, 7) is 5.71. The molecule has 0 aromatic heterocycles. The van der Waals surface area contributed by atoms with Crippen LogP contribution >= 0.6 is 0 Å². The molecule has 104 valence electrons. The molecule has 0 unspecified atom stereocenters. The van der Waals surface area contributed by atoms with Gasteiger partial charge in [-0.05, 0) is 12.5 Å². The number of hydrogen-bond acceptors (Lipinski definition) is 1. The van der Waals surface area contributed by atoms with Crippen LogP contribution in [0.3, 0.4) is 0 Å². The Morgan fingerprint density at radius 2 is 1.35 bits per heavy atom. The van der Waals surface area contributed by atoms with Crippen molar-refractivity contribution in [1.29, 1.82) is 0 Å². The van der Waals surface area contributed by atoms with Gasteiger partial charge in [-0.1, -0.05) is 64.9 Å². The van der Waals surface area contributed by atoms with Gasteiger partial charge in [-0.15, -0.1) is 0 Å². The molecule has 0 rings (SSSR count). The minimum Gasteiger partial charge on any atom is -1.00 e. The molecule has 0 amide bonds. The minimum atomic E-state index is 0. The lowest BCUT2D eigenvalue weighted by Crippen LogP contribution is -3.00. The average molecular weight is 264 g/mol. The van der Waals surface area contributed by atoms with E-state index >= 15 is 0 Å². The normalized spacial score (nSPS) is 9.00. The maximum absolute atomic E-state index is 10.9. The summed E-state index contributed by atoms with van der Waals surface area (Å²) in [7, 11) is 0. The van der Waals surface area contributed by atoms with E-state index in [1.807, 2.05) is 0 Å². The standard InChI is InChI=1S/C14H26O.ClH.H3N/c1-3-5-6-7-8-9-10-11-12-13-14(15)4-2;;/h4H,2-3,5-13H2,1H3;1H;1H3. The van der Waals surface area contributed by atoms with Crippen molar-refractivity contribution in [3.8, 4) is 0 Å². The topological polar surface area (TPSA) is 53.6 Å². The van der Waals surface area contributed by atoms with Gasteiger partial charge in [-0.2, -0.15) is 0 Å². The molecule has 0 fully saturated rings.